The minimum atomic E-state index is 0.0495. The quantitative estimate of drug-likeness (QED) is 0.392. The monoisotopic (exact) mass is 463 g/mol. The summed E-state index contributed by atoms with van der Waals surface area (Å²) in [5.74, 6) is 2.73. The number of carbonyl (C=O) groups is 1. The standard InChI is InChI=1S/C28H33NO5/c1-6-33-26-15-27-23(24(17-34-27)22-13-20(31-4)9-10-25(22)32-5)14-21(26)19(3)12-28(30)29-11-7-8-18(2)16-29/h9-10,12-15,17-18H,6-8,11,16H2,1-5H3/b19-12+. The van der Waals surface area contributed by atoms with Gasteiger partial charge in [0.2, 0.25) is 5.91 Å². The van der Waals surface area contributed by atoms with Crippen LogP contribution < -0.4 is 14.2 Å². The molecule has 180 valence electrons. The Morgan fingerprint density at radius 1 is 1.15 bits per heavy atom. The Kier molecular flexibility index (Phi) is 7.15. The molecular formula is C28H33NO5. The van der Waals surface area contributed by atoms with Crippen molar-refractivity contribution in [3.8, 4) is 28.4 Å². The SMILES string of the molecule is CCOc1cc2occ(-c3cc(OC)ccc3OC)c2cc1/C(C)=C/C(=O)N1CCCC(C)C1. The molecule has 2 heterocycles. The molecule has 0 aliphatic carbocycles. The Morgan fingerprint density at radius 3 is 2.68 bits per heavy atom. The highest BCUT2D eigenvalue weighted by atomic mass is 16.5. The Bertz CT molecular complexity index is 1210. The average molecular weight is 464 g/mol. The molecule has 0 radical (unpaired) electrons. The predicted octanol–water partition coefficient (Wildman–Crippen LogP) is 6.18. The second-order valence-electron chi connectivity index (χ2n) is 8.85. The third-order valence-corrected chi connectivity index (χ3v) is 6.41. The van der Waals surface area contributed by atoms with E-state index in [0.29, 0.717) is 23.9 Å². The fourth-order valence-electron chi connectivity index (χ4n) is 4.62. The topological polar surface area (TPSA) is 61.1 Å². The number of hydrogen-bond acceptors (Lipinski definition) is 5. The van der Waals surface area contributed by atoms with Crippen molar-refractivity contribution in [3.63, 3.8) is 0 Å². The number of methoxy groups -OCH3 is 2. The van der Waals surface area contributed by atoms with Crippen molar-refractivity contribution in [3.05, 3.63) is 48.2 Å². The molecule has 0 bridgehead atoms. The number of hydrogen-bond donors (Lipinski definition) is 0. The maximum absolute atomic E-state index is 13.0. The van der Waals surface area contributed by atoms with Crippen LogP contribution in [0.15, 0.2) is 47.1 Å². The summed E-state index contributed by atoms with van der Waals surface area (Å²) >= 11 is 0. The minimum absolute atomic E-state index is 0.0495. The number of fused-ring (bicyclic) bond motifs is 1. The highest BCUT2D eigenvalue weighted by molar-refractivity contribution is 6.01. The lowest BCUT2D eigenvalue weighted by molar-refractivity contribution is -0.127. The number of likely N-dealkylation sites (tertiary alicyclic amines) is 1. The van der Waals surface area contributed by atoms with Gasteiger partial charge in [0.25, 0.3) is 0 Å². The Morgan fingerprint density at radius 2 is 1.97 bits per heavy atom. The van der Waals surface area contributed by atoms with E-state index in [4.69, 9.17) is 18.6 Å². The number of carbonyl (C=O) groups excluding carboxylic acids is 1. The van der Waals surface area contributed by atoms with Crippen LogP contribution in [0.5, 0.6) is 17.2 Å². The van der Waals surface area contributed by atoms with Gasteiger partial charge in [-0.3, -0.25) is 4.79 Å². The third kappa shape index (κ3) is 4.76. The number of rotatable bonds is 7. The van der Waals surface area contributed by atoms with E-state index in [2.05, 4.69) is 6.92 Å². The molecule has 4 rings (SSSR count). The van der Waals surface area contributed by atoms with Gasteiger partial charge in [0.1, 0.15) is 22.8 Å². The second-order valence-corrected chi connectivity index (χ2v) is 8.85. The van der Waals surface area contributed by atoms with Gasteiger partial charge in [0.15, 0.2) is 0 Å². The van der Waals surface area contributed by atoms with Crippen LogP contribution in [0.4, 0.5) is 0 Å². The highest BCUT2D eigenvalue weighted by Gasteiger charge is 2.21. The number of nitrogens with zero attached hydrogens (tertiary/aromatic N) is 1. The summed E-state index contributed by atoms with van der Waals surface area (Å²) < 4.78 is 22.9. The maximum atomic E-state index is 13.0. The van der Waals surface area contributed by atoms with E-state index in [-0.39, 0.29) is 5.91 Å². The summed E-state index contributed by atoms with van der Waals surface area (Å²) in [4.78, 5) is 15.0. The summed E-state index contributed by atoms with van der Waals surface area (Å²) in [6, 6.07) is 9.61. The van der Waals surface area contributed by atoms with Gasteiger partial charge < -0.3 is 23.5 Å². The van der Waals surface area contributed by atoms with Crippen LogP contribution in [0.1, 0.15) is 39.2 Å². The van der Waals surface area contributed by atoms with E-state index >= 15 is 0 Å². The fourth-order valence-corrected chi connectivity index (χ4v) is 4.62. The molecule has 34 heavy (non-hydrogen) atoms. The molecule has 1 fully saturated rings. The predicted molar refractivity (Wildman–Crippen MR) is 135 cm³/mol. The first-order chi connectivity index (χ1) is 16.4. The van der Waals surface area contributed by atoms with Gasteiger partial charge in [-0.1, -0.05) is 6.92 Å². The molecule has 6 heteroatoms. The molecule has 1 aliphatic heterocycles. The van der Waals surface area contributed by atoms with Gasteiger partial charge in [-0.2, -0.15) is 0 Å². The van der Waals surface area contributed by atoms with Crippen molar-refractivity contribution in [2.75, 3.05) is 33.9 Å². The van der Waals surface area contributed by atoms with E-state index < -0.39 is 0 Å². The Labute approximate surface area is 201 Å². The lowest BCUT2D eigenvalue weighted by Gasteiger charge is -2.30. The zero-order valence-corrected chi connectivity index (χ0v) is 20.6. The fraction of sp³-hybridized carbons (Fsp3) is 0.393. The van der Waals surface area contributed by atoms with Crippen LogP contribution in [-0.4, -0.2) is 44.7 Å². The molecule has 1 saturated heterocycles. The lowest BCUT2D eigenvalue weighted by atomic mass is 9.97. The molecule has 1 unspecified atom stereocenters. The zero-order chi connectivity index (χ0) is 24.2. The average Bonchev–Trinajstić information content (AvgIpc) is 3.25. The third-order valence-electron chi connectivity index (χ3n) is 6.41. The smallest absolute Gasteiger partial charge is 0.246 e. The van der Waals surface area contributed by atoms with Crippen molar-refractivity contribution in [2.24, 2.45) is 5.92 Å². The van der Waals surface area contributed by atoms with Crippen LogP contribution in [0.3, 0.4) is 0 Å². The molecule has 0 saturated carbocycles. The van der Waals surface area contributed by atoms with Gasteiger partial charge in [-0.15, -0.1) is 0 Å². The number of allylic oxidation sites excluding steroid dienone is 1. The van der Waals surface area contributed by atoms with Gasteiger partial charge in [0.05, 0.1) is 27.1 Å². The highest BCUT2D eigenvalue weighted by Crippen LogP contribution is 2.41. The van der Waals surface area contributed by atoms with Crippen molar-refractivity contribution < 1.29 is 23.4 Å². The van der Waals surface area contributed by atoms with E-state index in [1.165, 1.54) is 6.42 Å². The second kappa shape index (κ2) is 10.2. The molecule has 1 atom stereocenters. The van der Waals surface area contributed by atoms with Crippen molar-refractivity contribution in [2.45, 2.75) is 33.6 Å². The summed E-state index contributed by atoms with van der Waals surface area (Å²) in [6.07, 6.45) is 5.68. The summed E-state index contributed by atoms with van der Waals surface area (Å²) in [5.41, 5.74) is 4.20. The van der Waals surface area contributed by atoms with E-state index in [9.17, 15) is 4.79 Å². The van der Waals surface area contributed by atoms with E-state index in [1.54, 1.807) is 26.6 Å². The van der Waals surface area contributed by atoms with Crippen LogP contribution in [0, 0.1) is 5.92 Å². The maximum Gasteiger partial charge on any atom is 0.246 e. The molecule has 1 amide bonds. The summed E-state index contributed by atoms with van der Waals surface area (Å²) in [6.45, 7) is 8.24. The van der Waals surface area contributed by atoms with E-state index in [1.807, 2.05) is 49.1 Å². The van der Waals surface area contributed by atoms with Gasteiger partial charge in [0, 0.05) is 47.3 Å². The molecule has 0 spiro atoms. The van der Waals surface area contributed by atoms with Gasteiger partial charge in [-0.05, 0) is 62.4 Å². The van der Waals surface area contributed by atoms with Crippen LogP contribution in [-0.2, 0) is 4.79 Å². The summed E-state index contributed by atoms with van der Waals surface area (Å²) in [5, 5.41) is 0.914. The molecule has 1 aliphatic rings. The summed E-state index contributed by atoms with van der Waals surface area (Å²) in [7, 11) is 3.28. The molecule has 0 N–H and O–H groups in total. The normalized spacial score (nSPS) is 16.6. The number of ether oxygens (including phenoxy) is 3. The molecule has 3 aromatic rings. The molecule has 6 nitrogen and oxygen atoms in total. The number of benzene rings is 2. The lowest BCUT2D eigenvalue weighted by Crippen LogP contribution is -2.38. The van der Waals surface area contributed by atoms with Crippen molar-refractivity contribution in [1.82, 2.24) is 4.90 Å². The van der Waals surface area contributed by atoms with Gasteiger partial charge in [-0.25, -0.2) is 0 Å². The number of piperidine rings is 1. The first-order valence-corrected chi connectivity index (χ1v) is 11.8. The Balaban J connectivity index is 1.79. The van der Waals surface area contributed by atoms with Crippen LogP contribution in [0.25, 0.3) is 27.7 Å². The minimum Gasteiger partial charge on any atom is -0.497 e. The first-order valence-electron chi connectivity index (χ1n) is 11.8. The van der Waals surface area contributed by atoms with Gasteiger partial charge >= 0.3 is 0 Å². The first kappa shape index (κ1) is 23.7. The molecule has 2 aromatic carbocycles. The Hall–Kier alpha value is -3.41. The van der Waals surface area contributed by atoms with Crippen LogP contribution in [0.2, 0.25) is 0 Å². The molecular weight excluding hydrogens is 430 g/mol. The largest absolute Gasteiger partial charge is 0.497 e. The van der Waals surface area contributed by atoms with Crippen molar-refractivity contribution in [1.29, 1.82) is 0 Å². The van der Waals surface area contributed by atoms with E-state index in [0.717, 1.165) is 58.7 Å². The van der Waals surface area contributed by atoms with Crippen molar-refractivity contribution >= 4 is 22.4 Å². The van der Waals surface area contributed by atoms with Crippen LogP contribution >= 0.6 is 0 Å². The zero-order valence-electron chi connectivity index (χ0n) is 20.6. The number of furan rings is 1. The number of amides is 1. The molecule has 1 aromatic heterocycles.